The molecule has 0 saturated carbocycles. The molecule has 0 amide bonds. The number of hydrogen-bond donors (Lipinski definition) is 1. The fourth-order valence-corrected chi connectivity index (χ4v) is 0.367. The van der Waals surface area contributed by atoms with Gasteiger partial charge in [-0.15, -0.1) is 0 Å². The van der Waals surface area contributed by atoms with Crippen LogP contribution in [0.5, 0.6) is 0 Å². The molecule has 0 aromatic heterocycles. The second kappa shape index (κ2) is 3.54. The van der Waals surface area contributed by atoms with Crippen LogP contribution < -0.4 is 5.14 Å². The molecule has 34 valence electrons. The van der Waals surface area contributed by atoms with Crippen LogP contribution in [0.2, 0.25) is 0 Å². The van der Waals surface area contributed by atoms with E-state index in [2.05, 4.69) is 32.4 Å². The Kier molecular flexibility index (Phi) is 3.74. The highest BCUT2D eigenvalue weighted by Crippen LogP contribution is 1.82. The van der Waals surface area contributed by atoms with Gasteiger partial charge in [0.25, 0.3) is 0 Å². The molecule has 0 radical (unpaired) electrons. The summed E-state index contributed by atoms with van der Waals surface area (Å²) in [6.07, 6.45) is 0. The summed E-state index contributed by atoms with van der Waals surface area (Å²) in [6, 6.07) is 0. The van der Waals surface area contributed by atoms with Crippen LogP contribution in [-0.4, -0.2) is 0 Å². The minimum atomic E-state index is -0.904. The van der Waals surface area contributed by atoms with Crippen LogP contribution in [0.15, 0.2) is 7.54 Å². The molecule has 0 heterocycles. The van der Waals surface area contributed by atoms with E-state index in [0.717, 1.165) is 0 Å². The maximum absolute atomic E-state index is 4.96. The van der Waals surface area contributed by atoms with Crippen molar-refractivity contribution < 1.29 is 0 Å². The molecule has 0 aliphatic carbocycles. The van der Waals surface area contributed by atoms with Crippen molar-refractivity contribution in [2.45, 2.75) is 0 Å². The topological polar surface area (TPSA) is 50.7 Å². The van der Waals surface area contributed by atoms with Gasteiger partial charge in [-0.3, -0.25) is 0 Å². The number of nitrogens with two attached hydrogens (primary N) is 1. The van der Waals surface area contributed by atoms with Gasteiger partial charge in [0.05, 0.1) is 7.54 Å². The molecule has 0 aromatic rings. The first-order valence-corrected chi connectivity index (χ1v) is 2.90. The fourth-order valence-electron chi connectivity index (χ4n) is 0.0136. The van der Waals surface area contributed by atoms with E-state index in [1.807, 2.05) is 0 Å². The molecule has 6 heavy (non-hydrogen) atoms. The molecule has 0 saturated heterocycles. The molecule has 0 unspecified atom stereocenters. The lowest BCUT2D eigenvalue weighted by Crippen LogP contribution is -2.02. The van der Waals surface area contributed by atoms with Gasteiger partial charge in [-0.25, -0.2) is 0 Å². The van der Waals surface area contributed by atoms with Crippen LogP contribution >= 0.6 is 0 Å². The van der Waals surface area contributed by atoms with Crippen LogP contribution in [0.3, 0.4) is 0 Å². The molecule has 0 bridgehead atoms. The van der Waals surface area contributed by atoms with Crippen LogP contribution in [0.1, 0.15) is 0 Å². The molecule has 0 aliphatic heterocycles. The maximum atomic E-state index is 4.96. The molecule has 0 fully saturated rings. The van der Waals surface area contributed by atoms with E-state index in [-0.39, 0.29) is 0 Å². The number of rotatable bonds is 2. The van der Waals surface area contributed by atoms with Crippen LogP contribution in [0.4, 0.5) is 0 Å². The van der Waals surface area contributed by atoms with Gasteiger partial charge in [0.15, 0.2) is 0 Å². The standard InChI is InChI=1S/H2N3S3/c1-6(2-4)3-5/h1H2/q+1. The van der Waals surface area contributed by atoms with E-state index in [4.69, 9.17) is 5.14 Å². The van der Waals surface area contributed by atoms with Gasteiger partial charge in [0.2, 0.25) is 0 Å². The molecular weight excluding hydrogens is 138 g/mol. The third-order valence-corrected chi connectivity index (χ3v) is 1.37. The maximum Gasteiger partial charge on any atom is 0.391 e. The van der Waals surface area contributed by atoms with E-state index in [9.17, 15) is 0 Å². The highest BCUT2D eigenvalue weighted by Gasteiger charge is 2.03. The zero-order valence-corrected chi connectivity index (χ0v) is 5.15. The van der Waals surface area contributed by atoms with Crippen molar-refractivity contribution in [3.8, 4) is 0 Å². The minimum absolute atomic E-state index is 0.904. The summed E-state index contributed by atoms with van der Waals surface area (Å²) < 4.78 is 6.25. The molecule has 0 atom stereocenters. The summed E-state index contributed by atoms with van der Waals surface area (Å²) in [7, 11) is 0. The second-order valence-electron chi connectivity index (χ2n) is 0.442. The first-order valence-electron chi connectivity index (χ1n) is 0.966. The Morgan fingerprint density at radius 2 is 1.67 bits per heavy atom. The minimum Gasteiger partial charge on any atom is -0.0970 e. The van der Waals surface area contributed by atoms with E-state index in [0.29, 0.717) is 0 Å². The SMILES string of the molecule is N[S+](N=S)N=S. The Balaban J connectivity index is 3.21. The van der Waals surface area contributed by atoms with E-state index >= 15 is 0 Å². The lowest BCUT2D eigenvalue weighted by Gasteiger charge is -1.65. The quantitative estimate of drug-likeness (QED) is 0.539. The first-order chi connectivity index (χ1) is 2.81. The molecular formula is H2N3S3+. The summed E-state index contributed by atoms with van der Waals surface area (Å²) in [4.78, 5) is 0. The van der Waals surface area contributed by atoms with Gasteiger partial charge in [-0.2, -0.15) is 0 Å². The largest absolute Gasteiger partial charge is 0.391 e. The summed E-state index contributed by atoms with van der Waals surface area (Å²) in [5, 5.41) is 4.96. The zero-order valence-electron chi connectivity index (χ0n) is 2.70. The van der Waals surface area contributed by atoms with E-state index in [1.54, 1.807) is 0 Å². The van der Waals surface area contributed by atoms with E-state index in [1.165, 1.54) is 0 Å². The van der Waals surface area contributed by atoms with Gasteiger partial charge in [0, 0.05) is 0 Å². The highest BCUT2D eigenvalue weighted by atomic mass is 32.3. The number of nitrogens with zero attached hydrogens (tertiary/aromatic N) is 2. The molecule has 3 nitrogen and oxygen atoms in total. The van der Waals surface area contributed by atoms with Gasteiger partial charge >= 0.3 is 11.5 Å². The third kappa shape index (κ3) is 2.58. The lowest BCUT2D eigenvalue weighted by atomic mass is 13.8. The molecule has 0 aromatic carbocycles. The summed E-state index contributed by atoms with van der Waals surface area (Å²) >= 11 is 7.35. The van der Waals surface area contributed by atoms with Crippen molar-refractivity contribution in [3.63, 3.8) is 0 Å². The van der Waals surface area contributed by atoms with E-state index < -0.39 is 11.5 Å². The summed E-state index contributed by atoms with van der Waals surface area (Å²) in [5.74, 6) is 0. The summed E-state index contributed by atoms with van der Waals surface area (Å²) in [5.41, 5.74) is 0. The zero-order chi connectivity index (χ0) is 4.99. The van der Waals surface area contributed by atoms with Crippen LogP contribution in [0.25, 0.3) is 0 Å². The Morgan fingerprint density at radius 1 is 1.33 bits per heavy atom. The molecule has 6 heteroatoms. The van der Waals surface area contributed by atoms with Gasteiger partial charge in [0.1, 0.15) is 24.9 Å². The van der Waals surface area contributed by atoms with Crippen molar-refractivity contribution in [3.05, 3.63) is 0 Å². The van der Waals surface area contributed by atoms with Crippen LogP contribution in [0, 0.1) is 0 Å². The fraction of sp³-hybridized carbons (Fsp3) is 0. The van der Waals surface area contributed by atoms with Gasteiger partial charge in [-0.1, -0.05) is 5.14 Å². The molecule has 2 N–H and O–H groups in total. The van der Waals surface area contributed by atoms with Crippen molar-refractivity contribution >= 4 is 36.3 Å². The van der Waals surface area contributed by atoms with Crippen molar-refractivity contribution in [1.82, 2.24) is 0 Å². The predicted octanol–water partition coefficient (Wildman–Crippen LogP) is -0.231. The molecule has 0 aliphatic rings. The average molecular weight is 140 g/mol. The highest BCUT2D eigenvalue weighted by molar-refractivity contribution is 7.97. The Hall–Kier alpha value is 0.350. The average Bonchev–Trinajstić information content (AvgIpc) is 1.65. The molecule has 0 rings (SSSR count). The Morgan fingerprint density at radius 3 is 1.67 bits per heavy atom. The monoisotopic (exact) mass is 140 g/mol. The molecule has 0 spiro atoms. The Labute approximate surface area is 49.4 Å². The lowest BCUT2D eigenvalue weighted by molar-refractivity contribution is 1.78. The third-order valence-electron chi connectivity index (χ3n) is 0.153. The predicted molar refractivity (Wildman–Crippen MR) is 31.1 cm³/mol. The van der Waals surface area contributed by atoms with Crippen molar-refractivity contribution in [2.75, 3.05) is 0 Å². The first kappa shape index (κ1) is 6.35. The number of hydrogen-bond acceptors (Lipinski definition) is 5. The van der Waals surface area contributed by atoms with Gasteiger partial charge in [-0.05, 0) is 0 Å². The van der Waals surface area contributed by atoms with Gasteiger partial charge < -0.3 is 0 Å². The van der Waals surface area contributed by atoms with Crippen molar-refractivity contribution in [1.29, 1.82) is 0 Å². The van der Waals surface area contributed by atoms with Crippen LogP contribution in [-0.2, 0) is 36.3 Å². The second-order valence-corrected chi connectivity index (χ2v) is 2.22. The summed E-state index contributed by atoms with van der Waals surface area (Å²) in [6.45, 7) is 0. The van der Waals surface area contributed by atoms with Crippen molar-refractivity contribution in [2.24, 2.45) is 12.7 Å². The Bertz CT molecular complexity index is 51.1. The normalized spacial score (nSPS) is 8.33. The smallest absolute Gasteiger partial charge is 0.0970 e.